The first kappa shape index (κ1) is 19.0. The van der Waals surface area contributed by atoms with Gasteiger partial charge < -0.3 is 0 Å². The lowest BCUT2D eigenvalue weighted by Gasteiger charge is -2.17. The van der Waals surface area contributed by atoms with Crippen LogP contribution < -0.4 is 0 Å². The van der Waals surface area contributed by atoms with Crippen LogP contribution in [0.15, 0.2) is 88.9 Å². The average Bonchev–Trinajstić information content (AvgIpc) is 2.68. The molecule has 3 nitrogen and oxygen atoms in total. The van der Waals surface area contributed by atoms with Crippen molar-refractivity contribution in [1.29, 1.82) is 0 Å². The molecular weight excluding hydrogens is 386 g/mol. The van der Waals surface area contributed by atoms with Crippen molar-refractivity contribution in [2.45, 2.75) is 27.3 Å². The van der Waals surface area contributed by atoms with Crippen LogP contribution in [-0.4, -0.2) is 18.0 Å². The van der Waals surface area contributed by atoms with E-state index in [4.69, 9.17) is 11.6 Å². The van der Waals surface area contributed by atoms with Crippen molar-refractivity contribution < 1.29 is 8.42 Å². The molecule has 0 aliphatic rings. The second-order valence-electron chi connectivity index (χ2n) is 5.74. The van der Waals surface area contributed by atoms with Crippen LogP contribution in [0, 0.1) is 0 Å². The van der Waals surface area contributed by atoms with Crippen LogP contribution >= 0.6 is 23.4 Å². The highest BCUT2D eigenvalue weighted by Gasteiger charge is 2.28. The van der Waals surface area contributed by atoms with Gasteiger partial charge in [-0.1, -0.05) is 59.8 Å². The third-order valence-corrected chi connectivity index (χ3v) is 8.03. The molecule has 3 rings (SSSR count). The molecule has 0 N–H and O–H groups in total. The van der Waals surface area contributed by atoms with E-state index >= 15 is 0 Å². The molecule has 0 saturated heterocycles. The van der Waals surface area contributed by atoms with Gasteiger partial charge in [0, 0.05) is 11.2 Å². The monoisotopic (exact) mass is 403 g/mol. The second kappa shape index (κ2) is 8.71. The van der Waals surface area contributed by atoms with Gasteiger partial charge in [-0.15, -0.1) is 0 Å². The minimum Gasteiger partial charge on any atom is -0.250 e. The number of benzene rings is 2. The second-order valence-corrected chi connectivity index (χ2v) is 9.83. The number of sulfone groups is 1. The van der Waals surface area contributed by atoms with E-state index in [1.54, 1.807) is 30.5 Å². The summed E-state index contributed by atoms with van der Waals surface area (Å²) in [5.74, 6) is 0. The summed E-state index contributed by atoms with van der Waals surface area (Å²) in [6, 6.07) is 21.6. The Kier molecular flexibility index (Phi) is 6.35. The van der Waals surface area contributed by atoms with Crippen molar-refractivity contribution >= 4 is 33.2 Å². The largest absolute Gasteiger partial charge is 0.250 e. The zero-order valence-corrected chi connectivity index (χ0v) is 16.3. The van der Waals surface area contributed by atoms with Crippen LogP contribution in [0.2, 0.25) is 5.02 Å². The summed E-state index contributed by atoms with van der Waals surface area (Å²) >= 11 is 7.21. The smallest absolute Gasteiger partial charge is 0.190 e. The molecule has 0 spiro atoms. The third-order valence-electron chi connectivity index (χ3n) is 3.89. The topological polar surface area (TPSA) is 47.0 Å². The predicted octanol–water partition coefficient (Wildman–Crippen LogP) is 5.26. The molecule has 6 heteroatoms. The van der Waals surface area contributed by atoms with Crippen LogP contribution in [-0.2, 0) is 16.3 Å². The zero-order valence-electron chi connectivity index (χ0n) is 14.0. The van der Waals surface area contributed by atoms with Crippen LogP contribution in [0.1, 0.15) is 12.0 Å². The minimum absolute atomic E-state index is 0.338. The number of hydrogen-bond acceptors (Lipinski definition) is 4. The van der Waals surface area contributed by atoms with Gasteiger partial charge in [-0.05, 0) is 54.8 Å². The molecule has 1 atom stereocenters. The summed E-state index contributed by atoms with van der Waals surface area (Å²) < 4.78 is 25.7. The molecule has 0 aliphatic heterocycles. The molecule has 0 saturated carbocycles. The maximum atomic E-state index is 13.1. The average molecular weight is 404 g/mol. The first-order valence-electron chi connectivity index (χ1n) is 8.17. The summed E-state index contributed by atoms with van der Waals surface area (Å²) in [7, 11) is -3.48. The number of pyridine rings is 1. The standard InChI is InChI=1S/C20H18ClNO2S2/c21-17-12-9-16(10-13-17)11-14-20(25-19-8-4-5-15-22-19)26(23,24)18-6-2-1-3-7-18/h1-10,12-13,15,20H,11,14H2. The lowest BCUT2D eigenvalue weighted by Crippen LogP contribution is -2.19. The van der Waals surface area contributed by atoms with Gasteiger partial charge in [-0.25, -0.2) is 13.4 Å². The van der Waals surface area contributed by atoms with Gasteiger partial charge in [0.25, 0.3) is 0 Å². The molecule has 2 aromatic carbocycles. The van der Waals surface area contributed by atoms with Crippen LogP contribution in [0.3, 0.4) is 0 Å². The number of aryl methyl sites for hydroxylation is 1. The van der Waals surface area contributed by atoms with Crippen molar-refractivity contribution in [3.05, 3.63) is 89.6 Å². The van der Waals surface area contributed by atoms with Crippen LogP contribution in [0.25, 0.3) is 0 Å². The van der Waals surface area contributed by atoms with Gasteiger partial charge in [0.15, 0.2) is 9.84 Å². The summed E-state index contributed by atoms with van der Waals surface area (Å²) in [5, 5.41) is 1.37. The Labute approximate surface area is 163 Å². The Hall–Kier alpha value is -1.82. The Morgan fingerprint density at radius 2 is 1.62 bits per heavy atom. The Morgan fingerprint density at radius 3 is 2.27 bits per heavy atom. The molecule has 26 heavy (non-hydrogen) atoms. The van der Waals surface area contributed by atoms with E-state index in [0.717, 1.165) is 5.56 Å². The first-order valence-corrected chi connectivity index (χ1v) is 11.0. The predicted molar refractivity (Wildman–Crippen MR) is 107 cm³/mol. The number of halogens is 1. The van der Waals surface area contributed by atoms with E-state index in [2.05, 4.69) is 4.98 Å². The number of rotatable bonds is 7. The summed E-state index contributed by atoms with van der Waals surface area (Å²) in [4.78, 5) is 4.61. The van der Waals surface area contributed by atoms with Crippen molar-refractivity contribution in [2.75, 3.05) is 0 Å². The van der Waals surface area contributed by atoms with Crippen molar-refractivity contribution in [3.63, 3.8) is 0 Å². The minimum atomic E-state index is -3.48. The highest BCUT2D eigenvalue weighted by Crippen LogP contribution is 2.32. The SMILES string of the molecule is O=S(=O)(c1ccccc1)C(CCc1ccc(Cl)cc1)Sc1ccccn1. The molecule has 0 fully saturated rings. The Bertz CT molecular complexity index is 931. The molecule has 1 unspecified atom stereocenters. The van der Waals surface area contributed by atoms with Gasteiger partial charge in [0.05, 0.1) is 9.92 Å². The lowest BCUT2D eigenvalue weighted by atomic mass is 10.1. The number of aromatic nitrogens is 1. The van der Waals surface area contributed by atoms with E-state index in [1.807, 2.05) is 48.5 Å². The fourth-order valence-corrected chi connectivity index (χ4v) is 5.84. The van der Waals surface area contributed by atoms with Crippen molar-refractivity contribution in [3.8, 4) is 0 Å². The molecule has 134 valence electrons. The highest BCUT2D eigenvalue weighted by atomic mass is 35.5. The van der Waals surface area contributed by atoms with Crippen LogP contribution in [0.4, 0.5) is 0 Å². The molecule has 3 aromatic rings. The molecule has 1 aromatic heterocycles. The number of nitrogens with zero attached hydrogens (tertiary/aromatic N) is 1. The quantitative estimate of drug-likeness (QED) is 0.505. The van der Waals surface area contributed by atoms with Gasteiger partial charge in [0.2, 0.25) is 0 Å². The van der Waals surface area contributed by atoms with Gasteiger partial charge in [0.1, 0.15) is 4.58 Å². The van der Waals surface area contributed by atoms with Gasteiger partial charge in [-0.2, -0.15) is 0 Å². The third kappa shape index (κ3) is 4.87. The summed E-state index contributed by atoms with van der Waals surface area (Å²) in [5.41, 5.74) is 1.06. The summed E-state index contributed by atoms with van der Waals surface area (Å²) in [6.45, 7) is 0. The molecule has 1 heterocycles. The fraction of sp³-hybridized carbons (Fsp3) is 0.150. The van der Waals surface area contributed by atoms with E-state index in [-0.39, 0.29) is 0 Å². The summed E-state index contributed by atoms with van der Waals surface area (Å²) in [6.07, 6.45) is 2.81. The van der Waals surface area contributed by atoms with E-state index in [9.17, 15) is 8.42 Å². The number of hydrogen-bond donors (Lipinski definition) is 0. The normalized spacial score (nSPS) is 12.7. The maximum Gasteiger partial charge on any atom is 0.190 e. The van der Waals surface area contributed by atoms with Crippen molar-refractivity contribution in [2.24, 2.45) is 0 Å². The van der Waals surface area contributed by atoms with Crippen LogP contribution in [0.5, 0.6) is 0 Å². The van der Waals surface area contributed by atoms with Crippen molar-refractivity contribution in [1.82, 2.24) is 4.98 Å². The Morgan fingerprint density at radius 1 is 0.923 bits per heavy atom. The lowest BCUT2D eigenvalue weighted by molar-refractivity contribution is 0.589. The molecule has 0 amide bonds. The molecule has 0 aliphatic carbocycles. The zero-order chi connectivity index (χ0) is 18.4. The number of thioether (sulfide) groups is 1. The van der Waals surface area contributed by atoms with E-state index < -0.39 is 14.4 Å². The maximum absolute atomic E-state index is 13.1. The van der Waals surface area contributed by atoms with Gasteiger partial charge >= 0.3 is 0 Å². The van der Waals surface area contributed by atoms with Gasteiger partial charge in [-0.3, -0.25) is 0 Å². The molecular formula is C20H18ClNO2S2. The van der Waals surface area contributed by atoms with E-state index in [1.165, 1.54) is 11.8 Å². The molecule has 0 radical (unpaired) electrons. The molecule has 0 bridgehead atoms. The van der Waals surface area contributed by atoms with E-state index in [0.29, 0.717) is 27.8 Å². The Balaban J connectivity index is 1.85. The fourth-order valence-electron chi connectivity index (χ4n) is 2.53. The first-order chi connectivity index (χ1) is 12.6. The highest BCUT2D eigenvalue weighted by molar-refractivity contribution is 8.13.